The van der Waals surface area contributed by atoms with Crippen LogP contribution in [0.25, 0.3) is 10.1 Å². The van der Waals surface area contributed by atoms with E-state index in [1.807, 2.05) is 29.6 Å². The van der Waals surface area contributed by atoms with Crippen molar-refractivity contribution in [2.45, 2.75) is 45.3 Å². The highest BCUT2D eigenvalue weighted by molar-refractivity contribution is 7.17. The molecule has 0 N–H and O–H groups in total. The predicted octanol–water partition coefficient (Wildman–Crippen LogP) is 3.51. The molecule has 3 atom stereocenters. The van der Waals surface area contributed by atoms with Gasteiger partial charge in [-0.3, -0.25) is 14.5 Å². The molecule has 2 unspecified atom stereocenters. The number of benzene rings is 1. The number of carbonyl (C=O) groups excluding carboxylic acids is 3. The van der Waals surface area contributed by atoms with E-state index in [0.29, 0.717) is 0 Å². The number of carbonyl (C=O) groups is 3. The average Bonchev–Trinajstić information content (AvgIpc) is 3.19. The van der Waals surface area contributed by atoms with Crippen molar-refractivity contribution in [3.05, 3.63) is 35.2 Å². The van der Waals surface area contributed by atoms with E-state index in [4.69, 9.17) is 4.74 Å². The maximum absolute atomic E-state index is 12.6. The van der Waals surface area contributed by atoms with Gasteiger partial charge in [-0.15, -0.1) is 11.3 Å². The lowest BCUT2D eigenvalue weighted by Crippen LogP contribution is -2.44. The zero-order valence-electron chi connectivity index (χ0n) is 14.6. The van der Waals surface area contributed by atoms with Crippen molar-refractivity contribution in [2.75, 3.05) is 0 Å². The fraction of sp³-hybridized carbons (Fsp3) is 0.450. The van der Waals surface area contributed by atoms with E-state index in [0.717, 1.165) is 46.2 Å². The molecule has 2 fully saturated rings. The number of esters is 1. The normalized spacial score (nSPS) is 24.0. The van der Waals surface area contributed by atoms with Crippen LogP contribution in [0, 0.1) is 11.8 Å². The van der Waals surface area contributed by atoms with Crippen LogP contribution < -0.4 is 0 Å². The molecular weight excluding hydrogens is 350 g/mol. The van der Waals surface area contributed by atoms with Crippen molar-refractivity contribution in [1.82, 2.24) is 4.90 Å². The second-order valence-electron chi connectivity index (χ2n) is 7.08. The van der Waals surface area contributed by atoms with Crippen LogP contribution in [0.1, 0.15) is 38.2 Å². The van der Waals surface area contributed by atoms with Crippen LogP contribution in [0.5, 0.6) is 0 Å². The average molecular weight is 371 g/mol. The number of hydrogen-bond donors (Lipinski definition) is 0. The lowest BCUT2D eigenvalue weighted by atomic mass is 9.81. The Hall–Kier alpha value is -2.21. The van der Waals surface area contributed by atoms with Gasteiger partial charge in [0, 0.05) is 10.3 Å². The molecule has 1 saturated heterocycles. The largest absolute Gasteiger partial charge is 0.459 e. The lowest BCUT2D eigenvalue weighted by Gasteiger charge is -2.21. The summed E-state index contributed by atoms with van der Waals surface area (Å²) < 4.78 is 6.58. The number of thiophene rings is 1. The molecule has 2 amide bonds. The zero-order chi connectivity index (χ0) is 18.3. The van der Waals surface area contributed by atoms with Crippen LogP contribution in [0.4, 0.5) is 0 Å². The molecule has 2 heterocycles. The van der Waals surface area contributed by atoms with Gasteiger partial charge in [0.1, 0.15) is 12.6 Å². The van der Waals surface area contributed by atoms with Gasteiger partial charge in [0.25, 0.3) is 0 Å². The number of likely N-dealkylation sites (tertiary alicyclic amines) is 1. The SMILES string of the molecule is C[C@@H](C(=O)OCc1csc2ccccc12)N1C(=O)C2CCCCC2C1=O. The van der Waals surface area contributed by atoms with E-state index >= 15 is 0 Å². The summed E-state index contributed by atoms with van der Waals surface area (Å²) in [6.07, 6.45) is 3.43. The highest BCUT2D eigenvalue weighted by atomic mass is 32.1. The monoisotopic (exact) mass is 371 g/mol. The predicted molar refractivity (Wildman–Crippen MR) is 98.4 cm³/mol. The minimum Gasteiger partial charge on any atom is -0.459 e. The molecule has 6 heteroatoms. The molecule has 0 spiro atoms. The molecule has 1 aromatic carbocycles. The van der Waals surface area contributed by atoms with Crippen molar-refractivity contribution >= 4 is 39.2 Å². The van der Waals surface area contributed by atoms with Crippen molar-refractivity contribution < 1.29 is 19.1 Å². The summed E-state index contributed by atoms with van der Waals surface area (Å²) in [4.78, 5) is 38.8. The topological polar surface area (TPSA) is 63.7 Å². The van der Waals surface area contributed by atoms with Crippen LogP contribution in [-0.2, 0) is 25.7 Å². The Morgan fingerprint density at radius 1 is 1.19 bits per heavy atom. The smallest absolute Gasteiger partial charge is 0.329 e. The highest BCUT2D eigenvalue weighted by Crippen LogP contribution is 2.39. The fourth-order valence-electron chi connectivity index (χ4n) is 4.09. The number of nitrogens with zero attached hydrogens (tertiary/aromatic N) is 1. The van der Waals surface area contributed by atoms with Crippen LogP contribution in [0.15, 0.2) is 29.6 Å². The van der Waals surface area contributed by atoms with Gasteiger partial charge < -0.3 is 4.74 Å². The quantitative estimate of drug-likeness (QED) is 0.609. The molecule has 0 radical (unpaired) electrons. The third-order valence-corrected chi connectivity index (χ3v) is 6.55. The van der Waals surface area contributed by atoms with E-state index in [2.05, 4.69) is 0 Å². The number of ether oxygens (including phenoxy) is 1. The van der Waals surface area contributed by atoms with Gasteiger partial charge in [-0.2, -0.15) is 0 Å². The third-order valence-electron chi connectivity index (χ3n) is 5.53. The summed E-state index contributed by atoms with van der Waals surface area (Å²) in [6.45, 7) is 1.73. The van der Waals surface area contributed by atoms with Gasteiger partial charge in [-0.25, -0.2) is 4.79 Å². The summed E-state index contributed by atoms with van der Waals surface area (Å²) in [5.74, 6) is -1.42. The Morgan fingerprint density at radius 2 is 1.85 bits per heavy atom. The molecule has 1 aromatic heterocycles. The molecule has 4 rings (SSSR count). The Bertz CT molecular complexity index is 850. The number of hydrogen-bond acceptors (Lipinski definition) is 5. The van der Waals surface area contributed by atoms with E-state index in [9.17, 15) is 14.4 Å². The molecular formula is C20H21NO4S. The van der Waals surface area contributed by atoms with E-state index in [1.54, 1.807) is 18.3 Å². The van der Waals surface area contributed by atoms with Crippen molar-refractivity contribution in [1.29, 1.82) is 0 Å². The molecule has 136 valence electrons. The van der Waals surface area contributed by atoms with Crippen molar-refractivity contribution in [3.63, 3.8) is 0 Å². The zero-order valence-corrected chi connectivity index (χ0v) is 15.5. The van der Waals surface area contributed by atoms with Gasteiger partial charge in [0.2, 0.25) is 11.8 Å². The first kappa shape index (κ1) is 17.2. The lowest BCUT2D eigenvalue weighted by molar-refractivity contribution is -0.159. The van der Waals surface area contributed by atoms with Crippen LogP contribution in [0.2, 0.25) is 0 Å². The van der Waals surface area contributed by atoms with E-state index < -0.39 is 12.0 Å². The van der Waals surface area contributed by atoms with Gasteiger partial charge in [-0.05, 0) is 36.6 Å². The first-order chi connectivity index (χ1) is 12.6. The second-order valence-corrected chi connectivity index (χ2v) is 8.00. The Kier molecular flexibility index (Phi) is 4.53. The van der Waals surface area contributed by atoms with Crippen molar-refractivity contribution in [2.24, 2.45) is 11.8 Å². The minimum atomic E-state index is -0.870. The van der Waals surface area contributed by atoms with Gasteiger partial charge >= 0.3 is 5.97 Å². The molecule has 2 aliphatic rings. The number of amides is 2. The van der Waals surface area contributed by atoms with E-state index in [-0.39, 0.29) is 30.3 Å². The maximum Gasteiger partial charge on any atom is 0.329 e. The summed E-state index contributed by atoms with van der Waals surface area (Å²) in [6, 6.07) is 7.08. The highest BCUT2D eigenvalue weighted by Gasteiger charge is 2.51. The molecule has 26 heavy (non-hydrogen) atoms. The Labute approximate surface area is 155 Å². The second kappa shape index (κ2) is 6.83. The van der Waals surface area contributed by atoms with E-state index in [1.165, 1.54) is 0 Å². The molecule has 1 aliphatic heterocycles. The van der Waals surface area contributed by atoms with Gasteiger partial charge in [0.05, 0.1) is 11.8 Å². The maximum atomic E-state index is 12.6. The van der Waals surface area contributed by atoms with Crippen LogP contribution in [0.3, 0.4) is 0 Å². The summed E-state index contributed by atoms with van der Waals surface area (Å²) in [5.41, 5.74) is 0.943. The first-order valence-corrected chi connectivity index (χ1v) is 9.94. The molecule has 0 bridgehead atoms. The number of fused-ring (bicyclic) bond motifs is 2. The Balaban J connectivity index is 1.44. The molecule has 2 aromatic rings. The number of imide groups is 1. The summed E-state index contributed by atoms with van der Waals surface area (Å²) in [7, 11) is 0. The van der Waals surface area contributed by atoms with Crippen LogP contribution in [-0.4, -0.2) is 28.7 Å². The van der Waals surface area contributed by atoms with Gasteiger partial charge in [-0.1, -0.05) is 31.0 Å². The molecule has 5 nitrogen and oxygen atoms in total. The molecule has 1 saturated carbocycles. The standard InChI is InChI=1S/C20H21NO4S/c1-12(21-18(22)15-7-2-3-8-16(15)19(21)23)20(24)25-10-13-11-26-17-9-5-4-6-14(13)17/h4-6,9,11-12,15-16H,2-3,7-8,10H2,1H3/t12-,15?,16?/m0/s1. The van der Waals surface area contributed by atoms with Crippen molar-refractivity contribution in [3.8, 4) is 0 Å². The first-order valence-electron chi connectivity index (χ1n) is 9.06. The summed E-state index contributed by atoms with van der Waals surface area (Å²) in [5, 5.41) is 3.04. The molecule has 1 aliphatic carbocycles. The Morgan fingerprint density at radius 3 is 2.54 bits per heavy atom. The number of rotatable bonds is 4. The third kappa shape index (κ3) is 2.82. The minimum absolute atomic E-state index is 0.149. The van der Waals surface area contributed by atoms with Crippen LogP contribution >= 0.6 is 11.3 Å². The fourth-order valence-corrected chi connectivity index (χ4v) is 5.04. The van der Waals surface area contributed by atoms with Gasteiger partial charge in [0.15, 0.2) is 0 Å². The summed E-state index contributed by atoms with van der Waals surface area (Å²) >= 11 is 1.60.